The molecule has 1 amide bonds. The van der Waals surface area contributed by atoms with Crippen LogP contribution < -0.4 is 15.5 Å². The van der Waals surface area contributed by atoms with E-state index in [1.165, 1.54) is 0 Å². The maximum absolute atomic E-state index is 11.3. The Balaban J connectivity index is 2.28. The van der Waals surface area contributed by atoms with E-state index < -0.39 is 0 Å². The molecule has 108 valence electrons. The first-order chi connectivity index (χ1) is 8.93. The van der Waals surface area contributed by atoms with Crippen molar-refractivity contribution in [2.75, 3.05) is 32.1 Å². The normalized spacial score (nSPS) is 10.8. The predicted octanol–water partition coefficient (Wildman–Crippen LogP) is 0.348. The third-order valence-corrected chi connectivity index (χ3v) is 2.89. The Morgan fingerprint density at radius 1 is 1.42 bits per heavy atom. The summed E-state index contributed by atoms with van der Waals surface area (Å²) in [5.41, 5.74) is 1.12. The summed E-state index contributed by atoms with van der Waals surface area (Å²) in [5.74, 6) is 1.07. The van der Waals surface area contributed by atoms with E-state index in [-0.39, 0.29) is 11.8 Å². The van der Waals surface area contributed by atoms with E-state index in [1.54, 1.807) is 0 Å². The minimum atomic E-state index is 0.0414. The highest BCUT2D eigenvalue weighted by molar-refractivity contribution is 5.77. The summed E-state index contributed by atoms with van der Waals surface area (Å²) in [4.78, 5) is 17.7. The molecule has 0 bridgehead atoms. The van der Waals surface area contributed by atoms with E-state index in [9.17, 15) is 4.79 Å². The van der Waals surface area contributed by atoms with E-state index in [0.29, 0.717) is 6.54 Å². The van der Waals surface area contributed by atoms with Gasteiger partial charge in [-0.05, 0) is 0 Å². The summed E-state index contributed by atoms with van der Waals surface area (Å²) in [6.07, 6.45) is 1.87. The van der Waals surface area contributed by atoms with Crippen LogP contribution in [0.4, 0.5) is 5.95 Å². The fourth-order valence-corrected chi connectivity index (χ4v) is 1.71. The first-order valence-electron chi connectivity index (χ1n) is 6.59. The van der Waals surface area contributed by atoms with Crippen molar-refractivity contribution in [3.05, 3.63) is 11.9 Å². The molecular formula is C13H25N5O. The van der Waals surface area contributed by atoms with Crippen LogP contribution in [0.5, 0.6) is 0 Å². The predicted molar refractivity (Wildman–Crippen MR) is 77.1 cm³/mol. The lowest BCUT2D eigenvalue weighted by molar-refractivity contribution is -0.123. The number of carbonyl (C=O) groups excluding carboxylic acids is 1. The van der Waals surface area contributed by atoms with Crippen LogP contribution in [0.15, 0.2) is 6.20 Å². The number of carbonyl (C=O) groups is 1. The number of hydrogen-bond acceptors (Lipinski definition) is 4. The van der Waals surface area contributed by atoms with Crippen molar-refractivity contribution in [3.63, 3.8) is 0 Å². The van der Waals surface area contributed by atoms with Crippen molar-refractivity contribution in [3.8, 4) is 0 Å². The summed E-state index contributed by atoms with van der Waals surface area (Å²) in [6.45, 7) is 5.92. The summed E-state index contributed by atoms with van der Waals surface area (Å²) < 4.78 is 2.06. The first-order valence-corrected chi connectivity index (χ1v) is 6.59. The van der Waals surface area contributed by atoms with Gasteiger partial charge in [-0.2, -0.15) is 0 Å². The minimum absolute atomic E-state index is 0.0414. The largest absolute Gasteiger partial charge is 0.355 e. The third kappa shape index (κ3) is 4.55. The van der Waals surface area contributed by atoms with Crippen molar-refractivity contribution in [2.45, 2.75) is 20.4 Å². The number of rotatable bonds is 7. The second-order valence-corrected chi connectivity index (χ2v) is 5.13. The molecule has 1 rings (SSSR count). The van der Waals surface area contributed by atoms with Crippen molar-refractivity contribution in [1.29, 1.82) is 0 Å². The third-order valence-electron chi connectivity index (χ3n) is 2.89. The number of anilines is 1. The van der Waals surface area contributed by atoms with Crippen LogP contribution >= 0.6 is 0 Å². The highest BCUT2D eigenvalue weighted by Gasteiger charge is 2.08. The minimum Gasteiger partial charge on any atom is -0.355 e. The highest BCUT2D eigenvalue weighted by atomic mass is 16.1. The molecule has 19 heavy (non-hydrogen) atoms. The SMILES string of the molecule is CC(C)C(=O)NCCNCc1cnc(N(C)C)n1C. The Bertz CT molecular complexity index is 411. The number of imidazole rings is 1. The van der Waals surface area contributed by atoms with Crippen LogP contribution in [0.1, 0.15) is 19.5 Å². The van der Waals surface area contributed by atoms with Crippen LogP contribution in [0, 0.1) is 5.92 Å². The number of nitrogens with zero attached hydrogens (tertiary/aromatic N) is 3. The van der Waals surface area contributed by atoms with Gasteiger partial charge >= 0.3 is 0 Å². The zero-order valence-corrected chi connectivity index (χ0v) is 12.5. The molecule has 0 unspecified atom stereocenters. The Labute approximate surface area is 115 Å². The number of hydrogen-bond donors (Lipinski definition) is 2. The van der Waals surface area contributed by atoms with E-state index in [2.05, 4.69) is 20.2 Å². The van der Waals surface area contributed by atoms with Gasteiger partial charge in [-0.3, -0.25) is 4.79 Å². The second kappa shape index (κ2) is 7.13. The molecule has 1 aromatic rings. The first kappa shape index (κ1) is 15.5. The van der Waals surface area contributed by atoms with Gasteiger partial charge in [-0.15, -0.1) is 0 Å². The molecule has 0 radical (unpaired) electrons. The summed E-state index contributed by atoms with van der Waals surface area (Å²) in [6, 6.07) is 0. The summed E-state index contributed by atoms with van der Waals surface area (Å²) >= 11 is 0. The lowest BCUT2D eigenvalue weighted by Gasteiger charge is -2.13. The van der Waals surface area contributed by atoms with Gasteiger partial charge in [-0.1, -0.05) is 13.8 Å². The van der Waals surface area contributed by atoms with Gasteiger partial charge < -0.3 is 20.1 Å². The Morgan fingerprint density at radius 3 is 2.63 bits per heavy atom. The quantitative estimate of drug-likeness (QED) is 0.700. The number of aromatic nitrogens is 2. The van der Waals surface area contributed by atoms with E-state index in [0.717, 1.165) is 24.7 Å². The maximum Gasteiger partial charge on any atom is 0.222 e. The molecule has 0 aromatic carbocycles. The lowest BCUT2D eigenvalue weighted by Crippen LogP contribution is -2.34. The maximum atomic E-state index is 11.3. The Morgan fingerprint density at radius 2 is 2.11 bits per heavy atom. The molecule has 0 aliphatic rings. The van der Waals surface area contributed by atoms with E-state index >= 15 is 0 Å². The summed E-state index contributed by atoms with van der Waals surface area (Å²) in [5, 5.41) is 6.17. The van der Waals surface area contributed by atoms with E-state index in [1.807, 2.05) is 46.1 Å². The van der Waals surface area contributed by atoms with Crippen molar-refractivity contribution >= 4 is 11.9 Å². The molecule has 0 spiro atoms. The van der Waals surface area contributed by atoms with Gasteiger partial charge in [0, 0.05) is 46.7 Å². The average molecular weight is 267 g/mol. The van der Waals surface area contributed by atoms with Crippen LogP contribution in [-0.2, 0) is 18.4 Å². The van der Waals surface area contributed by atoms with Gasteiger partial charge in [0.1, 0.15) is 0 Å². The molecule has 2 N–H and O–H groups in total. The van der Waals surface area contributed by atoms with Crippen LogP contribution in [-0.4, -0.2) is 42.6 Å². The molecule has 0 saturated carbocycles. The molecule has 0 aliphatic carbocycles. The standard InChI is InChI=1S/C13H25N5O/c1-10(2)12(19)15-7-6-14-8-11-9-16-13(17(3)4)18(11)5/h9-10,14H,6-8H2,1-5H3,(H,15,19). The number of nitrogens with one attached hydrogen (secondary N) is 2. The molecule has 1 heterocycles. The van der Waals surface area contributed by atoms with Gasteiger partial charge in [-0.25, -0.2) is 4.98 Å². The molecule has 0 fully saturated rings. The molecule has 1 aromatic heterocycles. The summed E-state index contributed by atoms with van der Waals surface area (Å²) in [7, 11) is 5.95. The van der Waals surface area contributed by atoms with Gasteiger partial charge in [0.15, 0.2) is 0 Å². The molecule has 6 heteroatoms. The Kier molecular flexibility index (Phi) is 5.82. The monoisotopic (exact) mass is 267 g/mol. The van der Waals surface area contributed by atoms with Crippen molar-refractivity contribution in [1.82, 2.24) is 20.2 Å². The fourth-order valence-electron chi connectivity index (χ4n) is 1.71. The van der Waals surface area contributed by atoms with Crippen LogP contribution in [0.3, 0.4) is 0 Å². The smallest absolute Gasteiger partial charge is 0.222 e. The Hall–Kier alpha value is -1.56. The lowest BCUT2D eigenvalue weighted by atomic mass is 10.2. The van der Waals surface area contributed by atoms with Crippen molar-refractivity contribution < 1.29 is 4.79 Å². The number of amides is 1. The van der Waals surface area contributed by atoms with Gasteiger partial charge in [0.05, 0.1) is 11.9 Å². The van der Waals surface area contributed by atoms with Crippen LogP contribution in [0.25, 0.3) is 0 Å². The van der Waals surface area contributed by atoms with Crippen molar-refractivity contribution in [2.24, 2.45) is 13.0 Å². The highest BCUT2D eigenvalue weighted by Crippen LogP contribution is 2.10. The topological polar surface area (TPSA) is 62.2 Å². The average Bonchev–Trinajstić information content (AvgIpc) is 2.70. The van der Waals surface area contributed by atoms with E-state index in [4.69, 9.17) is 0 Å². The molecule has 0 atom stereocenters. The van der Waals surface area contributed by atoms with Gasteiger partial charge in [0.2, 0.25) is 11.9 Å². The molecule has 0 aliphatic heterocycles. The molecular weight excluding hydrogens is 242 g/mol. The molecule has 6 nitrogen and oxygen atoms in total. The zero-order valence-electron chi connectivity index (χ0n) is 12.5. The zero-order chi connectivity index (χ0) is 14.4. The molecule has 0 saturated heterocycles. The fraction of sp³-hybridized carbons (Fsp3) is 0.692. The van der Waals surface area contributed by atoms with Gasteiger partial charge in [0.25, 0.3) is 0 Å². The second-order valence-electron chi connectivity index (χ2n) is 5.13. The van der Waals surface area contributed by atoms with Crippen LogP contribution in [0.2, 0.25) is 0 Å².